The normalized spacial score (nSPS) is 13.9. The van der Waals surface area contributed by atoms with Gasteiger partial charge in [0.05, 0.1) is 22.7 Å². The predicted octanol–water partition coefficient (Wildman–Crippen LogP) is 5.84. The summed E-state index contributed by atoms with van der Waals surface area (Å²) in [5.74, 6) is -0.393. The first-order valence-corrected chi connectivity index (χ1v) is 12.9. The van der Waals surface area contributed by atoms with E-state index in [0.717, 1.165) is 18.4 Å². The number of benzene rings is 3. The number of hydrogen-bond acceptors (Lipinski definition) is 5. The van der Waals surface area contributed by atoms with Crippen molar-refractivity contribution < 1.29 is 27.3 Å². The van der Waals surface area contributed by atoms with Crippen LogP contribution in [0.3, 0.4) is 0 Å². The van der Waals surface area contributed by atoms with Gasteiger partial charge in [-0.15, -0.1) is 0 Å². The molecule has 1 aromatic heterocycles. The Balaban J connectivity index is 1.66. The molecule has 2 N–H and O–H groups in total. The van der Waals surface area contributed by atoms with Gasteiger partial charge in [0.1, 0.15) is 17.2 Å². The molecule has 0 aliphatic heterocycles. The number of aryl methyl sites for hydroxylation is 1. The molecule has 3 aromatic carbocycles. The van der Waals surface area contributed by atoms with E-state index in [4.69, 9.17) is 4.42 Å². The van der Waals surface area contributed by atoms with Crippen LogP contribution in [0.25, 0.3) is 22.3 Å². The molecule has 9 nitrogen and oxygen atoms in total. The Kier molecular flexibility index (Phi) is 6.72. The van der Waals surface area contributed by atoms with Crippen molar-refractivity contribution in [3.8, 4) is 11.3 Å². The highest BCUT2D eigenvalue weighted by Gasteiger charge is 2.32. The van der Waals surface area contributed by atoms with E-state index in [1.165, 1.54) is 41.7 Å². The summed E-state index contributed by atoms with van der Waals surface area (Å²) < 4.78 is 43.8. The van der Waals surface area contributed by atoms with E-state index in [2.05, 4.69) is 5.32 Å². The number of hydrogen-bond donors (Lipinski definition) is 2. The third-order valence-electron chi connectivity index (χ3n) is 6.66. The van der Waals surface area contributed by atoms with Gasteiger partial charge >= 0.3 is 0 Å². The van der Waals surface area contributed by atoms with Crippen molar-refractivity contribution in [1.82, 2.24) is 5.32 Å². The second-order valence-corrected chi connectivity index (χ2v) is 10.1. The van der Waals surface area contributed by atoms with Crippen LogP contribution >= 0.6 is 0 Å². The maximum atomic E-state index is 13.6. The third-order valence-corrected chi connectivity index (χ3v) is 7.36. The quantitative estimate of drug-likeness (QED) is 0.165. The topological polar surface area (TPSA) is 126 Å². The minimum absolute atomic E-state index is 0.0149. The number of amides is 1. The van der Waals surface area contributed by atoms with Gasteiger partial charge in [-0.2, -0.15) is 0 Å². The summed E-state index contributed by atoms with van der Waals surface area (Å²) in [6.45, 7) is 1.63. The highest BCUT2D eigenvalue weighted by Crippen LogP contribution is 2.48. The van der Waals surface area contributed by atoms with Gasteiger partial charge in [-0.3, -0.25) is 23.8 Å². The Morgan fingerprint density at radius 3 is 2.50 bits per heavy atom. The molecular formula is C27H24FN3O6S. The van der Waals surface area contributed by atoms with Crippen LogP contribution in [-0.2, 0) is 17.8 Å². The second-order valence-electron chi connectivity index (χ2n) is 9.22. The Bertz CT molecular complexity index is 1600. The van der Waals surface area contributed by atoms with Crippen LogP contribution in [0.15, 0.2) is 59.0 Å². The monoisotopic (exact) mass is 537 g/mol. The molecule has 1 amide bonds. The van der Waals surface area contributed by atoms with Crippen LogP contribution in [0.4, 0.5) is 15.8 Å². The van der Waals surface area contributed by atoms with Crippen LogP contribution in [-0.4, -0.2) is 26.6 Å². The lowest BCUT2D eigenvalue weighted by Gasteiger charge is -2.23. The highest BCUT2D eigenvalue weighted by atomic mass is 32.2. The molecule has 5 rings (SSSR count). The van der Waals surface area contributed by atoms with Crippen molar-refractivity contribution in [2.75, 3.05) is 11.4 Å². The molecule has 11 heteroatoms. The molecule has 0 saturated heterocycles. The Labute approximate surface area is 219 Å². The van der Waals surface area contributed by atoms with Crippen molar-refractivity contribution in [1.29, 1.82) is 0 Å². The van der Waals surface area contributed by atoms with E-state index < -0.39 is 22.0 Å². The van der Waals surface area contributed by atoms with Crippen LogP contribution in [0.2, 0.25) is 0 Å². The standard InChI is InChI=1S/C27H24FN3O6S/c1-15-11-16(3-10-22(15)31(33)34)14-30(38(35)36)23-13-24-21(12-20(23)17-4-5-17)25(27(32)29-2)26(37-24)18-6-8-19(28)9-7-18/h3,6-13,17H,4-5,14H2,1-2H3,(H,29,32)(H,35,36). The molecule has 1 aliphatic carbocycles. The van der Waals surface area contributed by atoms with Gasteiger partial charge in [-0.25, -0.2) is 8.60 Å². The first-order chi connectivity index (χ1) is 18.2. The van der Waals surface area contributed by atoms with Crippen LogP contribution in [0, 0.1) is 22.9 Å². The summed E-state index contributed by atoms with van der Waals surface area (Å²) in [4.78, 5) is 23.7. The Morgan fingerprint density at radius 2 is 1.92 bits per heavy atom. The minimum atomic E-state index is -2.43. The number of carbonyl (C=O) groups is 1. The fourth-order valence-corrected chi connectivity index (χ4v) is 5.24. The number of halogens is 1. The summed E-state index contributed by atoms with van der Waals surface area (Å²) in [6, 6.07) is 13.6. The number of nitrogens with one attached hydrogen (secondary N) is 1. The van der Waals surface area contributed by atoms with Gasteiger partial charge in [0.15, 0.2) is 0 Å². The predicted molar refractivity (Wildman–Crippen MR) is 142 cm³/mol. The van der Waals surface area contributed by atoms with E-state index in [1.807, 2.05) is 6.07 Å². The fourth-order valence-electron chi connectivity index (χ4n) is 4.65. The molecular weight excluding hydrogens is 513 g/mol. The van der Waals surface area contributed by atoms with Gasteiger partial charge < -0.3 is 9.73 Å². The van der Waals surface area contributed by atoms with Gasteiger partial charge in [0.25, 0.3) is 22.9 Å². The zero-order chi connectivity index (χ0) is 27.1. The van der Waals surface area contributed by atoms with Crippen molar-refractivity contribution in [2.45, 2.75) is 32.2 Å². The molecule has 1 fully saturated rings. The number of nitro groups is 1. The van der Waals surface area contributed by atoms with E-state index >= 15 is 0 Å². The van der Waals surface area contributed by atoms with E-state index in [-0.39, 0.29) is 29.8 Å². The van der Waals surface area contributed by atoms with Gasteiger partial charge in [-0.05, 0) is 73.2 Å². The zero-order valence-electron chi connectivity index (χ0n) is 20.6. The highest BCUT2D eigenvalue weighted by molar-refractivity contribution is 7.80. The van der Waals surface area contributed by atoms with Gasteiger partial charge in [0.2, 0.25) is 0 Å². The lowest BCUT2D eigenvalue weighted by Crippen LogP contribution is -2.25. The number of nitrogens with zero attached hydrogens (tertiary/aromatic N) is 2. The van der Waals surface area contributed by atoms with Crippen molar-refractivity contribution in [2.24, 2.45) is 0 Å². The summed E-state index contributed by atoms with van der Waals surface area (Å²) in [5, 5.41) is 14.4. The molecule has 4 aromatic rings. The zero-order valence-corrected chi connectivity index (χ0v) is 21.4. The Morgan fingerprint density at radius 1 is 1.21 bits per heavy atom. The largest absolute Gasteiger partial charge is 0.455 e. The first-order valence-electron chi connectivity index (χ1n) is 11.9. The average Bonchev–Trinajstić information content (AvgIpc) is 3.66. The molecule has 0 radical (unpaired) electrons. The molecule has 1 unspecified atom stereocenters. The summed E-state index contributed by atoms with van der Waals surface area (Å²) >= 11 is -2.43. The third kappa shape index (κ3) is 4.77. The summed E-state index contributed by atoms with van der Waals surface area (Å²) in [5.41, 5.74) is 3.45. The number of furan rings is 1. The average molecular weight is 538 g/mol. The van der Waals surface area contributed by atoms with E-state index in [1.54, 1.807) is 25.1 Å². The molecule has 1 heterocycles. The Hall–Kier alpha value is -4.09. The van der Waals surface area contributed by atoms with Crippen molar-refractivity contribution in [3.05, 3.63) is 92.8 Å². The molecule has 1 atom stereocenters. The number of anilines is 1. The summed E-state index contributed by atoms with van der Waals surface area (Å²) in [6.07, 6.45) is 1.78. The number of carbonyl (C=O) groups excluding carboxylic acids is 1. The fraction of sp³-hybridized carbons (Fsp3) is 0.222. The maximum Gasteiger partial charge on any atom is 0.272 e. The van der Waals surface area contributed by atoms with E-state index in [9.17, 15) is 28.1 Å². The van der Waals surface area contributed by atoms with Crippen LogP contribution in [0.5, 0.6) is 0 Å². The molecule has 0 bridgehead atoms. The molecule has 0 spiro atoms. The van der Waals surface area contributed by atoms with Crippen molar-refractivity contribution in [3.63, 3.8) is 0 Å². The van der Waals surface area contributed by atoms with Crippen molar-refractivity contribution >= 4 is 39.5 Å². The minimum Gasteiger partial charge on any atom is -0.455 e. The van der Waals surface area contributed by atoms with Gasteiger partial charge in [-0.1, -0.05) is 6.07 Å². The summed E-state index contributed by atoms with van der Waals surface area (Å²) in [7, 11) is 1.51. The van der Waals surface area contributed by atoms with Crippen LogP contribution in [0.1, 0.15) is 45.8 Å². The molecule has 1 aliphatic rings. The van der Waals surface area contributed by atoms with Crippen LogP contribution < -0.4 is 9.62 Å². The number of rotatable bonds is 8. The lowest BCUT2D eigenvalue weighted by molar-refractivity contribution is -0.385. The molecule has 196 valence electrons. The second kappa shape index (κ2) is 9.99. The smallest absolute Gasteiger partial charge is 0.272 e. The SMILES string of the molecule is CNC(=O)c1c(-c2ccc(F)cc2)oc2cc(N(Cc3ccc([N+](=O)[O-])c(C)c3)S(=O)O)c(C3CC3)cc12. The van der Waals surface area contributed by atoms with Gasteiger partial charge in [0, 0.05) is 35.7 Å². The first kappa shape index (κ1) is 25.6. The molecule has 38 heavy (non-hydrogen) atoms. The molecule has 1 saturated carbocycles. The maximum absolute atomic E-state index is 13.6. The number of fused-ring (bicyclic) bond motifs is 1. The van der Waals surface area contributed by atoms with E-state index in [0.29, 0.717) is 38.9 Å². The lowest BCUT2D eigenvalue weighted by atomic mass is 10.00. The number of nitro benzene ring substituents is 1.